The monoisotopic (exact) mass is 316 g/mol. The van der Waals surface area contributed by atoms with E-state index in [1.165, 1.54) is 38.5 Å². The van der Waals surface area contributed by atoms with Crippen LogP contribution >= 0.6 is 0 Å². The van der Waals surface area contributed by atoms with Crippen molar-refractivity contribution in [2.24, 2.45) is 0 Å². The SMILES string of the molecule is C1=C/C=C\CCC=C1.C1=CCCCCC=C1.[Ru]. The van der Waals surface area contributed by atoms with E-state index in [2.05, 4.69) is 60.8 Å². The molecule has 0 bridgehead atoms. The van der Waals surface area contributed by atoms with Gasteiger partial charge in [-0.25, -0.2) is 0 Å². The van der Waals surface area contributed by atoms with Gasteiger partial charge in [-0.3, -0.25) is 0 Å². The zero-order chi connectivity index (χ0) is 11.3. The molecule has 0 heterocycles. The average Bonchev–Trinajstić information content (AvgIpc) is 2.15. The summed E-state index contributed by atoms with van der Waals surface area (Å²) >= 11 is 0. The molecule has 0 unspecified atom stereocenters. The van der Waals surface area contributed by atoms with E-state index in [-0.39, 0.29) is 19.5 Å². The fourth-order valence-electron chi connectivity index (χ4n) is 1.54. The third kappa shape index (κ3) is 11.6. The first-order valence-corrected chi connectivity index (χ1v) is 6.30. The summed E-state index contributed by atoms with van der Waals surface area (Å²) in [5, 5.41) is 0. The Hall–Kier alpha value is -0.677. The van der Waals surface area contributed by atoms with Crippen LogP contribution in [0.15, 0.2) is 60.8 Å². The predicted molar refractivity (Wildman–Crippen MR) is 73.4 cm³/mol. The Balaban J connectivity index is 0.000000284. The maximum atomic E-state index is 2.23. The Bertz CT molecular complexity index is 263. The molecule has 0 aliphatic heterocycles. The van der Waals surface area contributed by atoms with Gasteiger partial charge in [0, 0.05) is 19.5 Å². The number of rotatable bonds is 0. The Morgan fingerprint density at radius 1 is 0.412 bits per heavy atom. The second kappa shape index (κ2) is 13.4. The molecular weight excluding hydrogens is 293 g/mol. The minimum absolute atomic E-state index is 0. The first kappa shape index (κ1) is 16.3. The smallest absolute Gasteiger partial charge is 0 e. The van der Waals surface area contributed by atoms with Gasteiger partial charge in [0.25, 0.3) is 0 Å². The predicted octanol–water partition coefficient (Wildman–Crippen LogP) is 5.12. The molecule has 0 atom stereocenters. The molecule has 2 aliphatic carbocycles. The van der Waals surface area contributed by atoms with Gasteiger partial charge in [-0.1, -0.05) is 60.8 Å². The van der Waals surface area contributed by atoms with Crippen molar-refractivity contribution in [1.29, 1.82) is 0 Å². The summed E-state index contributed by atoms with van der Waals surface area (Å²) in [5.41, 5.74) is 0. The Morgan fingerprint density at radius 2 is 0.765 bits per heavy atom. The molecule has 17 heavy (non-hydrogen) atoms. The fraction of sp³-hybridized carbons (Fsp3) is 0.375. The molecule has 0 nitrogen and oxygen atoms in total. The summed E-state index contributed by atoms with van der Waals surface area (Å²) in [4.78, 5) is 0. The molecule has 94 valence electrons. The quantitative estimate of drug-likeness (QED) is 0.544. The van der Waals surface area contributed by atoms with Crippen LogP contribution in [0, 0.1) is 0 Å². The maximum absolute atomic E-state index is 2.23. The Morgan fingerprint density at radius 3 is 1.24 bits per heavy atom. The van der Waals surface area contributed by atoms with Crippen molar-refractivity contribution in [1.82, 2.24) is 0 Å². The van der Waals surface area contributed by atoms with Crippen LogP contribution in [0.25, 0.3) is 0 Å². The van der Waals surface area contributed by atoms with Crippen molar-refractivity contribution in [3.63, 3.8) is 0 Å². The van der Waals surface area contributed by atoms with Gasteiger partial charge < -0.3 is 0 Å². The molecule has 2 rings (SSSR count). The fourth-order valence-corrected chi connectivity index (χ4v) is 1.54. The van der Waals surface area contributed by atoms with Gasteiger partial charge in [-0.05, 0) is 38.5 Å². The number of hydrogen-bond donors (Lipinski definition) is 0. The summed E-state index contributed by atoms with van der Waals surface area (Å²) in [6.07, 6.45) is 29.0. The van der Waals surface area contributed by atoms with Crippen molar-refractivity contribution in [3.8, 4) is 0 Å². The third-order valence-electron chi connectivity index (χ3n) is 2.48. The van der Waals surface area contributed by atoms with E-state index in [4.69, 9.17) is 0 Å². The molecule has 0 N–H and O–H groups in total. The molecule has 0 aromatic carbocycles. The van der Waals surface area contributed by atoms with Gasteiger partial charge in [-0.15, -0.1) is 0 Å². The Kier molecular flexibility index (Phi) is 12.9. The van der Waals surface area contributed by atoms with Crippen LogP contribution in [0.3, 0.4) is 0 Å². The molecule has 0 aromatic rings. The zero-order valence-electron chi connectivity index (χ0n) is 10.4. The van der Waals surface area contributed by atoms with Crippen molar-refractivity contribution in [2.45, 2.75) is 38.5 Å². The second-order valence-electron chi connectivity index (χ2n) is 3.96. The van der Waals surface area contributed by atoms with Crippen LogP contribution in [-0.4, -0.2) is 0 Å². The standard InChI is InChI=1S/C8H12.C8H10.Ru/c2*1-2-4-6-8-7-5-3-1;/h1-4H,5-8H2;1-6H,7-8H2;/b;2-1?,5-3-,6-4?;. The number of allylic oxidation sites excluding steroid dienone is 10. The van der Waals surface area contributed by atoms with Crippen molar-refractivity contribution < 1.29 is 19.5 Å². The molecule has 0 radical (unpaired) electrons. The van der Waals surface area contributed by atoms with Gasteiger partial charge in [0.1, 0.15) is 0 Å². The Labute approximate surface area is 119 Å². The summed E-state index contributed by atoms with van der Waals surface area (Å²) in [6.45, 7) is 0. The minimum Gasteiger partial charge on any atom is -0.0845 e. The molecule has 0 aromatic heterocycles. The van der Waals surface area contributed by atoms with Crippen LogP contribution in [0.4, 0.5) is 0 Å². The van der Waals surface area contributed by atoms with Gasteiger partial charge in [0.05, 0.1) is 0 Å². The van der Waals surface area contributed by atoms with Gasteiger partial charge >= 0.3 is 0 Å². The second-order valence-corrected chi connectivity index (χ2v) is 3.96. The molecule has 0 saturated heterocycles. The van der Waals surface area contributed by atoms with Crippen molar-refractivity contribution in [2.75, 3.05) is 0 Å². The van der Waals surface area contributed by atoms with Gasteiger partial charge in [-0.2, -0.15) is 0 Å². The summed E-state index contributed by atoms with van der Waals surface area (Å²) < 4.78 is 0. The van der Waals surface area contributed by atoms with Gasteiger partial charge in [0.15, 0.2) is 0 Å². The van der Waals surface area contributed by atoms with Crippen LogP contribution in [-0.2, 0) is 19.5 Å². The van der Waals surface area contributed by atoms with E-state index in [1.54, 1.807) is 0 Å². The summed E-state index contributed by atoms with van der Waals surface area (Å²) in [6, 6.07) is 0. The molecule has 0 saturated carbocycles. The van der Waals surface area contributed by atoms with E-state index in [0.717, 1.165) is 0 Å². The van der Waals surface area contributed by atoms with E-state index in [0.29, 0.717) is 0 Å². The van der Waals surface area contributed by atoms with Crippen LogP contribution in [0.5, 0.6) is 0 Å². The third-order valence-corrected chi connectivity index (χ3v) is 2.48. The minimum atomic E-state index is 0. The van der Waals surface area contributed by atoms with E-state index in [9.17, 15) is 0 Å². The topological polar surface area (TPSA) is 0 Å². The molecule has 0 amide bonds. The summed E-state index contributed by atoms with van der Waals surface area (Å²) in [7, 11) is 0. The molecule has 0 spiro atoms. The van der Waals surface area contributed by atoms with Gasteiger partial charge in [0.2, 0.25) is 0 Å². The zero-order valence-corrected chi connectivity index (χ0v) is 12.1. The first-order valence-electron chi connectivity index (χ1n) is 6.30. The van der Waals surface area contributed by atoms with Crippen molar-refractivity contribution >= 4 is 0 Å². The normalized spacial score (nSPS) is 19.8. The molecular formula is C16H22Ru. The van der Waals surface area contributed by atoms with Crippen molar-refractivity contribution in [3.05, 3.63) is 60.8 Å². The molecule has 2 aliphatic rings. The number of hydrogen-bond acceptors (Lipinski definition) is 0. The first-order chi connectivity index (χ1) is 8.00. The van der Waals surface area contributed by atoms with E-state index in [1.807, 2.05) is 0 Å². The van der Waals surface area contributed by atoms with Crippen LogP contribution in [0.1, 0.15) is 38.5 Å². The van der Waals surface area contributed by atoms with Crippen LogP contribution < -0.4 is 0 Å². The van der Waals surface area contributed by atoms with Crippen LogP contribution in [0.2, 0.25) is 0 Å². The molecule has 0 fully saturated rings. The maximum Gasteiger partial charge on any atom is 0 e. The average molecular weight is 315 g/mol. The molecule has 1 heteroatoms. The largest absolute Gasteiger partial charge is 0.0845 e. The van der Waals surface area contributed by atoms with E-state index < -0.39 is 0 Å². The summed E-state index contributed by atoms with van der Waals surface area (Å²) in [5.74, 6) is 0. The van der Waals surface area contributed by atoms with E-state index >= 15 is 0 Å².